The first-order valence-electron chi connectivity index (χ1n) is 7.67. The zero-order valence-electron chi connectivity index (χ0n) is 13.9. The summed E-state index contributed by atoms with van der Waals surface area (Å²) in [5, 5.41) is 12.0. The van der Waals surface area contributed by atoms with E-state index in [4.69, 9.17) is 5.21 Å². The molecule has 0 atom stereocenters. The first-order valence-corrected chi connectivity index (χ1v) is 9.56. The van der Waals surface area contributed by atoms with E-state index >= 15 is 0 Å². The molecule has 0 aliphatic heterocycles. The molecule has 0 bridgehead atoms. The van der Waals surface area contributed by atoms with Gasteiger partial charge in [0.1, 0.15) is 0 Å². The Bertz CT molecular complexity index is 1020. The molecule has 6 heteroatoms. The van der Waals surface area contributed by atoms with Crippen LogP contribution >= 0.6 is 0 Å². The highest BCUT2D eigenvalue weighted by atomic mass is 32.2. The molecular weight excluding hydrogens is 336 g/mol. The van der Waals surface area contributed by atoms with Gasteiger partial charge in [-0.3, -0.25) is 0 Å². The molecule has 25 heavy (non-hydrogen) atoms. The number of sulfone groups is 1. The van der Waals surface area contributed by atoms with Crippen LogP contribution in [0.5, 0.6) is 0 Å². The molecule has 0 aliphatic rings. The lowest BCUT2D eigenvalue weighted by molar-refractivity contribution is 0.322. The van der Waals surface area contributed by atoms with Crippen molar-refractivity contribution in [2.75, 3.05) is 6.26 Å². The minimum atomic E-state index is -3.24. The highest BCUT2D eigenvalue weighted by Crippen LogP contribution is 2.29. The van der Waals surface area contributed by atoms with Crippen LogP contribution in [0.2, 0.25) is 0 Å². The third-order valence-electron chi connectivity index (χ3n) is 4.08. The maximum Gasteiger partial charge on any atom is 0.175 e. The molecule has 0 saturated carbocycles. The van der Waals surface area contributed by atoms with Gasteiger partial charge in [0.25, 0.3) is 0 Å². The number of oxime groups is 1. The van der Waals surface area contributed by atoms with E-state index in [0.717, 1.165) is 28.2 Å². The van der Waals surface area contributed by atoms with Crippen molar-refractivity contribution < 1.29 is 13.6 Å². The van der Waals surface area contributed by atoms with E-state index in [9.17, 15) is 8.42 Å². The second-order valence-electron chi connectivity index (χ2n) is 5.78. The third kappa shape index (κ3) is 3.34. The van der Waals surface area contributed by atoms with Crippen LogP contribution in [0.3, 0.4) is 0 Å². The van der Waals surface area contributed by atoms with Gasteiger partial charge in [0, 0.05) is 23.2 Å². The molecule has 1 heterocycles. The molecule has 2 aromatic carbocycles. The average Bonchev–Trinajstić information content (AvgIpc) is 2.92. The summed E-state index contributed by atoms with van der Waals surface area (Å²) in [6.45, 7) is 1.94. The van der Waals surface area contributed by atoms with Gasteiger partial charge in [-0.2, -0.15) is 0 Å². The van der Waals surface area contributed by atoms with E-state index in [-0.39, 0.29) is 4.90 Å². The first kappa shape index (κ1) is 17.0. The van der Waals surface area contributed by atoms with E-state index in [0.29, 0.717) is 0 Å². The van der Waals surface area contributed by atoms with Gasteiger partial charge in [-0.1, -0.05) is 35.5 Å². The molecule has 0 fully saturated rings. The van der Waals surface area contributed by atoms with Gasteiger partial charge in [-0.05, 0) is 42.8 Å². The standard InChI is InChI=1S/C19H18N2O3S/c1-14-16(13-20-22)12-19(21(14)17-6-4-3-5-7-17)15-8-10-18(11-9-15)25(2,23)24/h3-13,22H,1-2H3/b20-13-. The molecule has 0 unspecified atom stereocenters. The Hall–Kier alpha value is -2.86. The van der Waals surface area contributed by atoms with Crippen molar-refractivity contribution in [2.45, 2.75) is 11.8 Å². The lowest BCUT2D eigenvalue weighted by Gasteiger charge is -2.12. The Labute approximate surface area is 146 Å². The summed E-state index contributed by atoms with van der Waals surface area (Å²) in [6, 6.07) is 18.5. The van der Waals surface area contributed by atoms with Gasteiger partial charge in [0.2, 0.25) is 0 Å². The maximum absolute atomic E-state index is 11.7. The van der Waals surface area contributed by atoms with Crippen LogP contribution in [-0.2, 0) is 9.84 Å². The maximum atomic E-state index is 11.7. The molecule has 3 rings (SSSR count). The van der Waals surface area contributed by atoms with Gasteiger partial charge in [0.15, 0.2) is 9.84 Å². The Morgan fingerprint density at radius 1 is 1.04 bits per heavy atom. The molecular formula is C19H18N2O3S. The second-order valence-corrected chi connectivity index (χ2v) is 7.80. The second kappa shape index (κ2) is 6.57. The predicted molar refractivity (Wildman–Crippen MR) is 98.4 cm³/mol. The number of hydrogen-bond acceptors (Lipinski definition) is 4. The van der Waals surface area contributed by atoms with Crippen molar-refractivity contribution in [3.8, 4) is 16.9 Å². The number of para-hydroxylation sites is 1. The van der Waals surface area contributed by atoms with Crippen LogP contribution in [0.25, 0.3) is 16.9 Å². The van der Waals surface area contributed by atoms with Gasteiger partial charge in [-0.15, -0.1) is 0 Å². The van der Waals surface area contributed by atoms with Gasteiger partial charge in [-0.25, -0.2) is 8.42 Å². The van der Waals surface area contributed by atoms with Crippen molar-refractivity contribution in [3.63, 3.8) is 0 Å². The van der Waals surface area contributed by atoms with Gasteiger partial charge in [0.05, 0.1) is 16.8 Å². The molecule has 0 radical (unpaired) electrons. The largest absolute Gasteiger partial charge is 0.411 e. The monoisotopic (exact) mass is 354 g/mol. The van der Waals surface area contributed by atoms with Crippen molar-refractivity contribution in [1.82, 2.24) is 4.57 Å². The fraction of sp³-hybridized carbons (Fsp3) is 0.105. The quantitative estimate of drug-likeness (QED) is 0.441. The molecule has 128 valence electrons. The Morgan fingerprint density at radius 2 is 1.68 bits per heavy atom. The zero-order chi connectivity index (χ0) is 18.0. The molecule has 5 nitrogen and oxygen atoms in total. The van der Waals surface area contributed by atoms with Gasteiger partial charge >= 0.3 is 0 Å². The van der Waals surface area contributed by atoms with Crippen molar-refractivity contribution in [3.05, 3.63) is 71.9 Å². The summed E-state index contributed by atoms with van der Waals surface area (Å²) < 4.78 is 25.4. The number of rotatable bonds is 4. The average molecular weight is 354 g/mol. The Kier molecular flexibility index (Phi) is 4.46. The van der Waals surface area contributed by atoms with Crippen molar-refractivity contribution in [1.29, 1.82) is 0 Å². The third-order valence-corrected chi connectivity index (χ3v) is 5.20. The summed E-state index contributed by atoms with van der Waals surface area (Å²) in [7, 11) is -3.24. The van der Waals surface area contributed by atoms with Crippen LogP contribution in [-0.4, -0.2) is 30.7 Å². The lowest BCUT2D eigenvalue weighted by atomic mass is 10.1. The molecule has 0 saturated heterocycles. The van der Waals surface area contributed by atoms with Crippen LogP contribution in [0.15, 0.2) is 70.7 Å². The van der Waals surface area contributed by atoms with E-state index in [1.165, 1.54) is 12.5 Å². The highest BCUT2D eigenvalue weighted by Gasteiger charge is 2.15. The van der Waals surface area contributed by atoms with Crippen LogP contribution in [0, 0.1) is 6.92 Å². The topological polar surface area (TPSA) is 71.7 Å². The Morgan fingerprint density at radius 3 is 2.24 bits per heavy atom. The van der Waals surface area contributed by atoms with Gasteiger partial charge < -0.3 is 9.77 Å². The zero-order valence-corrected chi connectivity index (χ0v) is 14.7. The fourth-order valence-electron chi connectivity index (χ4n) is 2.81. The summed E-state index contributed by atoms with van der Waals surface area (Å²) in [4.78, 5) is 0.280. The van der Waals surface area contributed by atoms with Crippen molar-refractivity contribution in [2.24, 2.45) is 5.16 Å². The number of nitrogens with zero attached hydrogens (tertiary/aromatic N) is 2. The van der Waals surface area contributed by atoms with Crippen molar-refractivity contribution >= 4 is 16.1 Å². The predicted octanol–water partition coefficient (Wildman–Crippen LogP) is 3.66. The summed E-state index contributed by atoms with van der Waals surface area (Å²) >= 11 is 0. The number of aromatic nitrogens is 1. The van der Waals surface area contributed by atoms with Crippen LogP contribution in [0.1, 0.15) is 11.3 Å². The normalized spacial score (nSPS) is 11.9. The summed E-state index contributed by atoms with van der Waals surface area (Å²) in [6.07, 6.45) is 2.58. The molecule has 1 aromatic heterocycles. The van der Waals surface area contributed by atoms with E-state index in [2.05, 4.69) is 5.16 Å². The summed E-state index contributed by atoms with van der Waals surface area (Å²) in [5.41, 5.74) is 4.44. The molecule has 0 aliphatic carbocycles. The van der Waals surface area contributed by atoms with E-state index < -0.39 is 9.84 Å². The summed E-state index contributed by atoms with van der Waals surface area (Å²) in [5.74, 6) is 0. The van der Waals surface area contributed by atoms with Crippen LogP contribution in [0.4, 0.5) is 0 Å². The Balaban J connectivity index is 2.20. The minimum Gasteiger partial charge on any atom is -0.411 e. The van der Waals surface area contributed by atoms with Crippen LogP contribution < -0.4 is 0 Å². The van der Waals surface area contributed by atoms with E-state index in [1.807, 2.05) is 47.9 Å². The molecule has 0 amide bonds. The molecule has 0 spiro atoms. The smallest absolute Gasteiger partial charge is 0.175 e. The number of benzene rings is 2. The number of hydrogen-bond donors (Lipinski definition) is 1. The first-order chi connectivity index (χ1) is 11.9. The lowest BCUT2D eigenvalue weighted by Crippen LogP contribution is -2.00. The molecule has 1 N–H and O–H groups in total. The highest BCUT2D eigenvalue weighted by molar-refractivity contribution is 7.90. The minimum absolute atomic E-state index is 0.280. The molecule has 3 aromatic rings. The van der Waals surface area contributed by atoms with E-state index in [1.54, 1.807) is 24.3 Å². The SMILES string of the molecule is Cc1c(/C=N\O)cc(-c2ccc(S(C)(=O)=O)cc2)n1-c1ccccc1. The fourth-order valence-corrected chi connectivity index (χ4v) is 3.44.